The summed E-state index contributed by atoms with van der Waals surface area (Å²) in [7, 11) is 1.58. The molecule has 4 aromatic rings. The second-order valence-corrected chi connectivity index (χ2v) is 10.5. The number of methoxy groups -OCH3 is 1. The highest BCUT2D eigenvalue weighted by molar-refractivity contribution is 9.11. The van der Waals surface area contributed by atoms with E-state index >= 15 is 0 Å². The fourth-order valence-electron chi connectivity index (χ4n) is 3.82. The molecule has 0 aliphatic rings. The molecule has 11 heteroatoms. The summed E-state index contributed by atoms with van der Waals surface area (Å²) >= 11 is 7.00. The molecule has 0 unspecified atom stereocenters. The Balaban J connectivity index is 1.44. The topological polar surface area (TPSA) is 124 Å². The van der Waals surface area contributed by atoms with E-state index in [0.717, 1.165) is 11.1 Å². The largest absolute Gasteiger partial charge is 0.493 e. The zero-order chi connectivity index (χ0) is 30.1. The van der Waals surface area contributed by atoms with Crippen LogP contribution in [-0.2, 0) is 18.0 Å². The van der Waals surface area contributed by atoms with Crippen LogP contribution < -0.4 is 19.5 Å². The molecule has 4 rings (SSSR count). The van der Waals surface area contributed by atoms with Crippen LogP contribution in [0.3, 0.4) is 0 Å². The predicted octanol–water partition coefficient (Wildman–Crippen LogP) is 7.83. The highest BCUT2D eigenvalue weighted by Gasteiger charge is 2.15. The molecule has 0 aromatic heterocycles. The number of rotatable bonds is 11. The fourth-order valence-corrected chi connectivity index (χ4v) is 5.27. The lowest BCUT2D eigenvalue weighted by molar-refractivity contribution is -0.384. The van der Waals surface area contributed by atoms with Gasteiger partial charge in [-0.3, -0.25) is 14.9 Å². The molecule has 1 amide bonds. The molecule has 0 fully saturated rings. The molecule has 0 saturated carbocycles. The highest BCUT2D eigenvalue weighted by Crippen LogP contribution is 2.37. The Hall–Kier alpha value is -4.66. The van der Waals surface area contributed by atoms with E-state index in [4.69, 9.17) is 14.2 Å². The average molecular weight is 693 g/mol. The summed E-state index contributed by atoms with van der Waals surface area (Å²) < 4.78 is 18.7. The average Bonchev–Trinajstić information content (AvgIpc) is 2.99. The molecule has 0 atom stereocenters. The van der Waals surface area contributed by atoms with Crippen molar-refractivity contribution in [2.75, 3.05) is 12.4 Å². The van der Waals surface area contributed by atoms with Gasteiger partial charge in [0, 0.05) is 17.8 Å². The van der Waals surface area contributed by atoms with E-state index in [1.54, 1.807) is 19.2 Å². The van der Waals surface area contributed by atoms with Gasteiger partial charge in [-0.25, -0.2) is 0 Å². The van der Waals surface area contributed by atoms with E-state index in [-0.39, 0.29) is 23.6 Å². The zero-order valence-corrected chi connectivity index (χ0v) is 25.3. The molecule has 0 radical (unpaired) electrons. The molecule has 42 heavy (non-hydrogen) atoms. The number of benzene rings is 4. The summed E-state index contributed by atoms with van der Waals surface area (Å²) in [5, 5.41) is 23.1. The Morgan fingerprint density at radius 2 is 1.64 bits per heavy atom. The number of non-ortho nitro benzene ring substituents is 1. The lowest BCUT2D eigenvalue weighted by Crippen LogP contribution is -2.13. The van der Waals surface area contributed by atoms with Crippen molar-refractivity contribution in [1.82, 2.24) is 0 Å². The van der Waals surface area contributed by atoms with E-state index < -0.39 is 10.8 Å². The fraction of sp³-hybridized carbons (Fsp3) is 0.0968. The van der Waals surface area contributed by atoms with Gasteiger partial charge in [0.15, 0.2) is 11.5 Å². The van der Waals surface area contributed by atoms with Crippen LogP contribution in [0.1, 0.15) is 16.7 Å². The summed E-state index contributed by atoms with van der Waals surface area (Å²) in [5.41, 5.74) is 2.29. The molecule has 0 aliphatic carbocycles. The standard InChI is InChI=1S/C31H23Br2N3O6/c1-40-29-15-21(10-11-28(29)41-18-20-6-3-2-4-7-20)19-42-30-26(32)13-22(14-27(30)33)12-23(17-34)31(37)35-24-8-5-9-25(16-24)36(38)39/h2-16H,18-19H2,1H3,(H,35,37)/b23-12-. The maximum absolute atomic E-state index is 12.7. The molecule has 9 nitrogen and oxygen atoms in total. The van der Waals surface area contributed by atoms with Crippen LogP contribution in [-0.4, -0.2) is 17.9 Å². The Kier molecular flexibility index (Phi) is 10.3. The minimum Gasteiger partial charge on any atom is -0.493 e. The lowest BCUT2D eigenvalue weighted by Gasteiger charge is -2.14. The molecule has 0 aliphatic heterocycles. The van der Waals surface area contributed by atoms with Crippen LogP contribution in [0, 0.1) is 21.4 Å². The number of amides is 1. The van der Waals surface area contributed by atoms with Crippen molar-refractivity contribution in [3.8, 4) is 23.3 Å². The minimum atomic E-state index is -0.698. The number of nitro benzene ring substituents is 1. The number of carbonyl (C=O) groups is 1. The summed E-state index contributed by atoms with van der Waals surface area (Å²) in [4.78, 5) is 23.1. The number of nitriles is 1. The monoisotopic (exact) mass is 691 g/mol. The van der Waals surface area contributed by atoms with Gasteiger partial charge in [0.2, 0.25) is 0 Å². The van der Waals surface area contributed by atoms with Crippen LogP contribution in [0.5, 0.6) is 17.2 Å². The molecule has 0 saturated heterocycles. The van der Waals surface area contributed by atoms with Gasteiger partial charge in [0.25, 0.3) is 11.6 Å². The normalized spacial score (nSPS) is 10.9. The van der Waals surface area contributed by atoms with E-state index in [2.05, 4.69) is 37.2 Å². The second kappa shape index (κ2) is 14.3. The van der Waals surface area contributed by atoms with E-state index in [1.807, 2.05) is 54.6 Å². The summed E-state index contributed by atoms with van der Waals surface area (Å²) in [6, 6.07) is 26.2. The molecule has 212 valence electrons. The first-order chi connectivity index (χ1) is 20.3. The number of ether oxygens (including phenoxy) is 3. The third kappa shape index (κ3) is 7.96. The summed E-state index contributed by atoms with van der Waals surface area (Å²) in [6.07, 6.45) is 1.41. The number of nitro groups is 1. The number of halogens is 2. The van der Waals surface area contributed by atoms with Crippen molar-refractivity contribution in [1.29, 1.82) is 5.26 Å². The maximum atomic E-state index is 12.7. The van der Waals surface area contributed by atoms with Crippen LogP contribution in [0.25, 0.3) is 6.08 Å². The van der Waals surface area contributed by atoms with E-state index in [1.165, 1.54) is 30.3 Å². The molecular formula is C31H23Br2N3O6. The Bertz CT molecular complexity index is 1660. The van der Waals surface area contributed by atoms with Crippen LogP contribution in [0.2, 0.25) is 0 Å². The van der Waals surface area contributed by atoms with E-state index in [0.29, 0.717) is 38.4 Å². The number of nitrogens with one attached hydrogen (secondary N) is 1. The first kappa shape index (κ1) is 30.3. The first-order valence-electron chi connectivity index (χ1n) is 12.4. The smallest absolute Gasteiger partial charge is 0.271 e. The molecule has 0 bridgehead atoms. The number of nitrogens with zero attached hydrogens (tertiary/aromatic N) is 2. The van der Waals surface area contributed by atoms with Crippen molar-refractivity contribution in [2.45, 2.75) is 13.2 Å². The van der Waals surface area contributed by atoms with E-state index in [9.17, 15) is 20.2 Å². The predicted molar refractivity (Wildman–Crippen MR) is 165 cm³/mol. The van der Waals surface area contributed by atoms with Crippen LogP contribution >= 0.6 is 31.9 Å². The maximum Gasteiger partial charge on any atom is 0.271 e. The molecule has 1 N–H and O–H groups in total. The number of carbonyl (C=O) groups excluding carboxylic acids is 1. The summed E-state index contributed by atoms with van der Waals surface area (Å²) in [6.45, 7) is 0.647. The van der Waals surface area contributed by atoms with Gasteiger partial charge in [-0.2, -0.15) is 5.26 Å². The molecule has 0 spiro atoms. The van der Waals surface area contributed by atoms with Crippen molar-refractivity contribution < 1.29 is 23.9 Å². The van der Waals surface area contributed by atoms with Gasteiger partial charge < -0.3 is 19.5 Å². The third-order valence-electron chi connectivity index (χ3n) is 5.86. The quantitative estimate of drug-likeness (QED) is 0.0735. The van der Waals surface area contributed by atoms with Gasteiger partial charge in [-0.15, -0.1) is 0 Å². The zero-order valence-electron chi connectivity index (χ0n) is 22.2. The Morgan fingerprint density at radius 3 is 2.31 bits per heavy atom. The molecule has 4 aromatic carbocycles. The van der Waals surface area contributed by atoms with Gasteiger partial charge in [0.05, 0.1) is 21.0 Å². The highest BCUT2D eigenvalue weighted by atomic mass is 79.9. The molecular weight excluding hydrogens is 670 g/mol. The van der Waals surface area contributed by atoms with Crippen molar-refractivity contribution >= 4 is 55.2 Å². The summed E-state index contributed by atoms with van der Waals surface area (Å²) in [5.74, 6) is 1.02. The number of hydrogen-bond donors (Lipinski definition) is 1. The lowest BCUT2D eigenvalue weighted by atomic mass is 10.1. The van der Waals surface area contributed by atoms with Gasteiger partial charge in [0.1, 0.15) is 30.6 Å². The number of anilines is 1. The second-order valence-electron chi connectivity index (χ2n) is 8.79. The third-order valence-corrected chi connectivity index (χ3v) is 7.04. The van der Waals surface area contributed by atoms with Gasteiger partial charge in [-0.05, 0) is 85.0 Å². The van der Waals surface area contributed by atoms with Gasteiger partial charge >= 0.3 is 0 Å². The molecule has 0 heterocycles. The Morgan fingerprint density at radius 1 is 0.929 bits per heavy atom. The van der Waals surface area contributed by atoms with Crippen LogP contribution in [0.4, 0.5) is 11.4 Å². The Labute approximate surface area is 258 Å². The SMILES string of the molecule is COc1cc(COc2c(Br)cc(/C=C(/C#N)C(=O)Nc3cccc([N+](=O)[O-])c3)cc2Br)ccc1OCc1ccccc1. The van der Waals surface area contributed by atoms with Crippen molar-refractivity contribution in [2.24, 2.45) is 0 Å². The van der Waals surface area contributed by atoms with Crippen molar-refractivity contribution in [3.63, 3.8) is 0 Å². The minimum absolute atomic E-state index is 0.176. The van der Waals surface area contributed by atoms with Crippen molar-refractivity contribution in [3.05, 3.63) is 126 Å². The van der Waals surface area contributed by atoms with Crippen LogP contribution in [0.15, 0.2) is 99.4 Å². The first-order valence-corrected chi connectivity index (χ1v) is 14.0. The van der Waals surface area contributed by atoms with Gasteiger partial charge in [-0.1, -0.05) is 42.5 Å². The number of hydrogen-bond acceptors (Lipinski definition) is 7.